The molecule has 1 amide bonds. The zero-order chi connectivity index (χ0) is 20.3. The molecule has 0 atom stereocenters. The summed E-state index contributed by atoms with van der Waals surface area (Å²) in [4.78, 5) is 24.5. The first-order chi connectivity index (χ1) is 13.3. The summed E-state index contributed by atoms with van der Waals surface area (Å²) < 4.78 is 31.7. The summed E-state index contributed by atoms with van der Waals surface area (Å²) in [6, 6.07) is 10.9. The van der Waals surface area contributed by atoms with E-state index in [1.807, 2.05) is 0 Å². The third kappa shape index (κ3) is 4.07. The smallest absolute Gasteiger partial charge is 0.337 e. The van der Waals surface area contributed by atoms with E-state index in [-0.39, 0.29) is 10.5 Å². The highest BCUT2D eigenvalue weighted by atomic mass is 32.2. The van der Waals surface area contributed by atoms with Crippen molar-refractivity contribution in [2.24, 2.45) is 0 Å². The van der Waals surface area contributed by atoms with Crippen molar-refractivity contribution in [1.82, 2.24) is 4.31 Å². The van der Waals surface area contributed by atoms with Gasteiger partial charge >= 0.3 is 5.97 Å². The van der Waals surface area contributed by atoms with Crippen LogP contribution in [0.25, 0.3) is 0 Å². The van der Waals surface area contributed by atoms with E-state index in [2.05, 4.69) is 10.1 Å². The Bertz CT molecular complexity index is 1010. The van der Waals surface area contributed by atoms with E-state index in [4.69, 9.17) is 0 Å². The number of carbonyl (C=O) groups is 2. The first-order valence-electron chi connectivity index (χ1n) is 8.93. The minimum absolute atomic E-state index is 0.105. The van der Waals surface area contributed by atoms with Crippen molar-refractivity contribution < 1.29 is 22.7 Å². The van der Waals surface area contributed by atoms with Crippen LogP contribution in [0.4, 0.5) is 5.69 Å². The molecular formula is C20H22N2O5S. The minimum Gasteiger partial charge on any atom is -0.465 e. The maximum atomic E-state index is 12.8. The molecule has 1 aliphatic heterocycles. The van der Waals surface area contributed by atoms with Crippen LogP contribution in [0.1, 0.15) is 39.1 Å². The van der Waals surface area contributed by atoms with Crippen molar-refractivity contribution in [3.05, 3.63) is 59.2 Å². The molecule has 0 saturated carbocycles. The van der Waals surface area contributed by atoms with Crippen molar-refractivity contribution in [1.29, 1.82) is 0 Å². The summed E-state index contributed by atoms with van der Waals surface area (Å²) in [6.45, 7) is 2.74. The van der Waals surface area contributed by atoms with Gasteiger partial charge in [-0.3, -0.25) is 4.79 Å². The van der Waals surface area contributed by atoms with Gasteiger partial charge in [0, 0.05) is 24.3 Å². The highest BCUT2D eigenvalue weighted by Crippen LogP contribution is 2.24. The average molecular weight is 402 g/mol. The maximum Gasteiger partial charge on any atom is 0.337 e. The summed E-state index contributed by atoms with van der Waals surface area (Å²) in [5.41, 5.74) is 1.65. The first kappa shape index (κ1) is 20.0. The minimum atomic E-state index is -3.61. The fourth-order valence-corrected chi connectivity index (χ4v) is 4.67. The number of esters is 1. The van der Waals surface area contributed by atoms with Crippen LogP contribution in [0.3, 0.4) is 0 Å². The molecule has 1 N–H and O–H groups in total. The number of nitrogens with one attached hydrogen (secondary N) is 1. The maximum absolute atomic E-state index is 12.8. The van der Waals surface area contributed by atoms with Gasteiger partial charge in [0.05, 0.1) is 17.6 Å². The van der Waals surface area contributed by atoms with Gasteiger partial charge in [0.25, 0.3) is 5.91 Å². The molecule has 3 rings (SSSR count). The zero-order valence-electron chi connectivity index (χ0n) is 15.8. The van der Waals surface area contributed by atoms with E-state index in [1.165, 1.54) is 29.6 Å². The van der Waals surface area contributed by atoms with Crippen molar-refractivity contribution in [2.75, 3.05) is 25.5 Å². The Labute approximate surface area is 164 Å². The first-order valence-corrected chi connectivity index (χ1v) is 10.4. The van der Waals surface area contributed by atoms with E-state index >= 15 is 0 Å². The largest absolute Gasteiger partial charge is 0.465 e. The van der Waals surface area contributed by atoms with Crippen LogP contribution in [0.2, 0.25) is 0 Å². The molecule has 0 aromatic heterocycles. The Morgan fingerprint density at radius 2 is 1.79 bits per heavy atom. The van der Waals surface area contributed by atoms with E-state index in [9.17, 15) is 18.0 Å². The highest BCUT2D eigenvalue weighted by molar-refractivity contribution is 7.89. The summed E-state index contributed by atoms with van der Waals surface area (Å²) in [7, 11) is -2.33. The summed E-state index contributed by atoms with van der Waals surface area (Å²) in [5, 5.41) is 2.71. The second-order valence-corrected chi connectivity index (χ2v) is 8.55. The molecular weight excluding hydrogens is 380 g/mol. The standard InChI is InChI=1S/C20H22N2O5S/c1-14-8-9-17(28(25,26)22-10-3-4-11-22)13-18(14)19(23)21-16-7-5-6-15(12-16)20(24)27-2/h5-9,12-13H,3-4,10-11H2,1-2H3,(H,21,23). The van der Waals surface area contributed by atoms with Gasteiger partial charge in [-0.25, -0.2) is 13.2 Å². The molecule has 0 spiro atoms. The Kier molecular flexibility index (Phi) is 5.81. The van der Waals surface area contributed by atoms with Crippen LogP contribution >= 0.6 is 0 Å². The molecule has 1 saturated heterocycles. The molecule has 0 aliphatic carbocycles. The number of anilines is 1. The number of amides is 1. The normalized spacial score (nSPS) is 14.6. The molecule has 8 heteroatoms. The van der Waals surface area contributed by atoms with Crippen LogP contribution in [0.15, 0.2) is 47.4 Å². The number of benzene rings is 2. The average Bonchev–Trinajstić information content (AvgIpc) is 3.23. The summed E-state index contributed by atoms with van der Waals surface area (Å²) in [5.74, 6) is -0.955. The Morgan fingerprint density at radius 1 is 1.07 bits per heavy atom. The lowest BCUT2D eigenvalue weighted by Crippen LogP contribution is -2.28. The number of hydrogen-bond donors (Lipinski definition) is 1. The number of carbonyl (C=O) groups excluding carboxylic acids is 2. The van der Waals surface area contributed by atoms with E-state index in [0.29, 0.717) is 29.9 Å². The van der Waals surface area contributed by atoms with Crippen LogP contribution in [0, 0.1) is 6.92 Å². The lowest BCUT2D eigenvalue weighted by atomic mass is 10.1. The number of rotatable bonds is 5. The van der Waals surface area contributed by atoms with Gasteiger partial charge in [0.1, 0.15) is 0 Å². The monoisotopic (exact) mass is 402 g/mol. The molecule has 1 fully saturated rings. The van der Waals surface area contributed by atoms with Gasteiger partial charge in [-0.15, -0.1) is 0 Å². The highest BCUT2D eigenvalue weighted by Gasteiger charge is 2.28. The third-order valence-electron chi connectivity index (χ3n) is 4.70. The van der Waals surface area contributed by atoms with Crippen LogP contribution in [-0.2, 0) is 14.8 Å². The van der Waals surface area contributed by atoms with Crippen molar-refractivity contribution >= 4 is 27.6 Å². The fraction of sp³-hybridized carbons (Fsp3) is 0.300. The van der Waals surface area contributed by atoms with Crippen molar-refractivity contribution in [3.63, 3.8) is 0 Å². The Hall–Kier alpha value is -2.71. The second kappa shape index (κ2) is 8.12. The molecule has 2 aromatic carbocycles. The number of methoxy groups -OCH3 is 1. The van der Waals surface area contributed by atoms with E-state index in [1.54, 1.807) is 31.2 Å². The quantitative estimate of drug-likeness (QED) is 0.777. The molecule has 1 aliphatic rings. The SMILES string of the molecule is COC(=O)c1cccc(NC(=O)c2cc(S(=O)(=O)N3CCCC3)ccc2C)c1. The second-order valence-electron chi connectivity index (χ2n) is 6.61. The predicted molar refractivity (Wildman–Crippen MR) is 105 cm³/mol. The zero-order valence-corrected chi connectivity index (χ0v) is 16.6. The van der Waals surface area contributed by atoms with Crippen LogP contribution in [-0.4, -0.2) is 44.8 Å². The molecule has 0 unspecified atom stereocenters. The van der Waals surface area contributed by atoms with Gasteiger partial charge in [0.2, 0.25) is 10.0 Å². The third-order valence-corrected chi connectivity index (χ3v) is 6.59. The van der Waals surface area contributed by atoms with E-state index in [0.717, 1.165) is 12.8 Å². The summed E-state index contributed by atoms with van der Waals surface area (Å²) in [6.07, 6.45) is 1.68. The number of ether oxygens (including phenoxy) is 1. The topological polar surface area (TPSA) is 92.8 Å². The number of sulfonamides is 1. The molecule has 2 aromatic rings. The van der Waals surface area contributed by atoms with Gasteiger partial charge in [-0.05, 0) is 55.7 Å². The van der Waals surface area contributed by atoms with Gasteiger partial charge in [0.15, 0.2) is 0 Å². The molecule has 28 heavy (non-hydrogen) atoms. The van der Waals surface area contributed by atoms with Crippen LogP contribution < -0.4 is 5.32 Å². The fourth-order valence-electron chi connectivity index (χ4n) is 3.12. The predicted octanol–water partition coefficient (Wildman–Crippen LogP) is 2.82. The lowest BCUT2D eigenvalue weighted by Gasteiger charge is -2.17. The molecule has 0 radical (unpaired) electrons. The van der Waals surface area contributed by atoms with Gasteiger partial charge in [-0.1, -0.05) is 12.1 Å². The number of nitrogens with zero attached hydrogens (tertiary/aromatic N) is 1. The Morgan fingerprint density at radius 3 is 2.46 bits per heavy atom. The van der Waals surface area contributed by atoms with Crippen molar-refractivity contribution in [2.45, 2.75) is 24.7 Å². The number of aryl methyl sites for hydroxylation is 1. The number of hydrogen-bond acceptors (Lipinski definition) is 5. The lowest BCUT2D eigenvalue weighted by molar-refractivity contribution is 0.0600. The van der Waals surface area contributed by atoms with Gasteiger partial charge in [-0.2, -0.15) is 4.31 Å². The Balaban J connectivity index is 1.87. The van der Waals surface area contributed by atoms with Crippen molar-refractivity contribution in [3.8, 4) is 0 Å². The van der Waals surface area contributed by atoms with Gasteiger partial charge < -0.3 is 10.1 Å². The molecule has 148 valence electrons. The van der Waals surface area contributed by atoms with E-state index < -0.39 is 21.9 Å². The molecule has 0 bridgehead atoms. The summed E-state index contributed by atoms with van der Waals surface area (Å²) >= 11 is 0. The van der Waals surface area contributed by atoms with Crippen LogP contribution in [0.5, 0.6) is 0 Å². The molecule has 7 nitrogen and oxygen atoms in total. The molecule has 1 heterocycles.